The molecule has 0 saturated carbocycles. The summed E-state index contributed by atoms with van der Waals surface area (Å²) in [6, 6.07) is 15.1. The molecule has 0 N–H and O–H groups in total. The fourth-order valence-corrected chi connectivity index (χ4v) is 4.37. The maximum Gasteiger partial charge on any atom is 0.170 e. The summed E-state index contributed by atoms with van der Waals surface area (Å²) in [4.78, 5) is 4.14. The quantitative estimate of drug-likeness (QED) is 0.281. The van der Waals surface area contributed by atoms with E-state index in [9.17, 15) is 0 Å². The fourth-order valence-electron chi connectivity index (χ4n) is 2.54. The van der Waals surface area contributed by atoms with Crippen molar-refractivity contribution in [3.05, 3.63) is 82.9 Å². The molecule has 0 bridgehead atoms. The van der Waals surface area contributed by atoms with E-state index < -0.39 is 4.33 Å². The maximum atomic E-state index is 6.99. The van der Waals surface area contributed by atoms with E-state index in [1.807, 2.05) is 59.3 Å². The van der Waals surface area contributed by atoms with E-state index in [1.165, 1.54) is 0 Å². The third kappa shape index (κ3) is 6.08. The van der Waals surface area contributed by atoms with Crippen molar-refractivity contribution in [2.24, 2.45) is 0 Å². The van der Waals surface area contributed by atoms with E-state index in [-0.39, 0.29) is 0 Å². The highest BCUT2D eigenvalue weighted by molar-refractivity contribution is 8.01. The van der Waals surface area contributed by atoms with Gasteiger partial charge < -0.3 is 9.30 Å². The molecule has 7 heteroatoms. The molecule has 0 aliphatic carbocycles. The van der Waals surface area contributed by atoms with Gasteiger partial charge in [0.05, 0.1) is 12.9 Å². The van der Waals surface area contributed by atoms with E-state index in [2.05, 4.69) is 4.98 Å². The molecule has 27 heavy (non-hydrogen) atoms. The van der Waals surface area contributed by atoms with Crippen LogP contribution in [0.4, 0.5) is 0 Å². The van der Waals surface area contributed by atoms with Gasteiger partial charge in [-0.15, -0.1) is 11.8 Å². The van der Waals surface area contributed by atoms with Gasteiger partial charge in [0.1, 0.15) is 5.75 Å². The lowest BCUT2D eigenvalue weighted by Gasteiger charge is -2.28. The normalized spacial score (nSPS) is 13.3. The summed E-state index contributed by atoms with van der Waals surface area (Å²) in [5.74, 6) is 1.67. The van der Waals surface area contributed by atoms with Gasteiger partial charge >= 0.3 is 0 Å². The predicted octanol–water partition coefficient (Wildman–Crippen LogP) is 6.48. The number of alkyl halides is 1. The lowest BCUT2D eigenvalue weighted by atomic mass is 10.1. The molecule has 0 aliphatic rings. The molecule has 0 saturated heterocycles. The third-order valence-electron chi connectivity index (χ3n) is 3.92. The van der Waals surface area contributed by atoms with Gasteiger partial charge in [0.25, 0.3) is 0 Å². The number of nitrogens with zero attached hydrogens (tertiary/aromatic N) is 2. The van der Waals surface area contributed by atoms with Crippen LogP contribution in [0.3, 0.4) is 0 Å². The Morgan fingerprint density at radius 3 is 2.30 bits per heavy atom. The zero-order chi connectivity index (χ0) is 19.1. The smallest absolute Gasteiger partial charge is 0.170 e. The van der Waals surface area contributed by atoms with Crippen LogP contribution in [0.1, 0.15) is 12.0 Å². The number of hydrogen-bond acceptors (Lipinski definition) is 3. The minimum atomic E-state index is -0.648. The fraction of sp³-hybridized carbons (Fsp3) is 0.250. The molecule has 0 amide bonds. The number of thioether (sulfide) groups is 1. The number of benzene rings is 2. The van der Waals surface area contributed by atoms with Crippen LogP contribution in [0, 0.1) is 0 Å². The average molecular weight is 442 g/mol. The average Bonchev–Trinajstić information content (AvgIpc) is 3.21. The van der Waals surface area contributed by atoms with Crippen molar-refractivity contribution in [1.29, 1.82) is 0 Å². The molecule has 0 radical (unpaired) electrons. The minimum absolute atomic E-state index is 0.618. The van der Waals surface area contributed by atoms with Gasteiger partial charge in [-0.2, -0.15) is 0 Å². The van der Waals surface area contributed by atoms with E-state index in [1.54, 1.807) is 24.3 Å². The van der Waals surface area contributed by atoms with Crippen molar-refractivity contribution < 1.29 is 4.74 Å². The largest absolute Gasteiger partial charge is 0.494 e. The van der Waals surface area contributed by atoms with Crippen LogP contribution in [0.25, 0.3) is 0 Å². The standard InChI is InChI=1S/C20H19Cl3N2OS/c21-17-4-2-16(3-5-17)14-20(23,25-11-10-24-15-25)27-13-1-12-26-19-8-6-18(22)7-9-19/h2-11,15H,1,12-14H2. The third-order valence-corrected chi connectivity index (χ3v) is 6.37. The lowest BCUT2D eigenvalue weighted by molar-refractivity contribution is 0.318. The second-order valence-corrected chi connectivity index (χ2v) is 9.06. The summed E-state index contributed by atoms with van der Waals surface area (Å²) in [5, 5.41) is 1.42. The minimum Gasteiger partial charge on any atom is -0.494 e. The molecule has 142 valence electrons. The molecule has 1 unspecified atom stereocenters. The zero-order valence-electron chi connectivity index (χ0n) is 14.5. The molecule has 1 atom stereocenters. The predicted molar refractivity (Wildman–Crippen MR) is 115 cm³/mol. The molecule has 3 rings (SSSR count). The second kappa shape index (κ2) is 9.74. The number of rotatable bonds is 9. The molecule has 3 aromatic rings. The first-order valence-electron chi connectivity index (χ1n) is 8.49. The van der Waals surface area contributed by atoms with Crippen LogP contribution in [-0.2, 0) is 10.8 Å². The van der Waals surface area contributed by atoms with E-state index >= 15 is 0 Å². The molecule has 1 aromatic heterocycles. The first-order valence-corrected chi connectivity index (χ1v) is 10.6. The van der Waals surface area contributed by atoms with Crippen molar-refractivity contribution in [2.45, 2.75) is 17.2 Å². The van der Waals surface area contributed by atoms with Crippen molar-refractivity contribution >= 4 is 46.6 Å². The van der Waals surface area contributed by atoms with Gasteiger partial charge in [-0.25, -0.2) is 4.98 Å². The number of hydrogen-bond donors (Lipinski definition) is 0. The molecule has 1 heterocycles. The summed E-state index contributed by atoms with van der Waals surface area (Å²) >= 11 is 20.5. The van der Waals surface area contributed by atoms with Gasteiger partial charge in [-0.3, -0.25) is 0 Å². The van der Waals surface area contributed by atoms with Crippen molar-refractivity contribution in [1.82, 2.24) is 9.55 Å². The molecule has 3 nitrogen and oxygen atoms in total. The monoisotopic (exact) mass is 440 g/mol. The van der Waals surface area contributed by atoms with E-state index in [0.29, 0.717) is 23.1 Å². The van der Waals surface area contributed by atoms with Gasteiger partial charge in [-0.05, 0) is 48.4 Å². The molecule has 0 fully saturated rings. The van der Waals surface area contributed by atoms with Gasteiger partial charge in [0, 0.05) is 34.6 Å². The Morgan fingerprint density at radius 2 is 1.67 bits per heavy atom. The highest BCUT2D eigenvalue weighted by Gasteiger charge is 2.30. The van der Waals surface area contributed by atoms with Crippen LogP contribution < -0.4 is 4.74 Å². The zero-order valence-corrected chi connectivity index (χ0v) is 17.6. The number of halogens is 3. The Balaban J connectivity index is 1.55. The lowest BCUT2D eigenvalue weighted by Crippen LogP contribution is -2.26. The highest BCUT2D eigenvalue weighted by Crippen LogP contribution is 2.39. The van der Waals surface area contributed by atoms with Crippen molar-refractivity contribution in [3.63, 3.8) is 0 Å². The van der Waals surface area contributed by atoms with Gasteiger partial charge in [0.2, 0.25) is 0 Å². The van der Waals surface area contributed by atoms with Crippen LogP contribution in [0.2, 0.25) is 10.0 Å². The van der Waals surface area contributed by atoms with Gasteiger partial charge in [0.15, 0.2) is 4.33 Å². The van der Waals surface area contributed by atoms with Crippen LogP contribution >= 0.6 is 46.6 Å². The summed E-state index contributed by atoms with van der Waals surface area (Å²) in [6.07, 6.45) is 6.91. The number of imidazole rings is 1. The van der Waals surface area contributed by atoms with Gasteiger partial charge in [-0.1, -0.05) is 46.9 Å². The second-order valence-electron chi connectivity index (χ2n) is 5.97. The van der Waals surface area contributed by atoms with E-state index in [4.69, 9.17) is 39.5 Å². The molecular weight excluding hydrogens is 423 g/mol. The molecular formula is C20H19Cl3N2OS. The van der Waals surface area contributed by atoms with Crippen LogP contribution in [0.15, 0.2) is 67.3 Å². The SMILES string of the molecule is Clc1ccc(CC(Cl)(SCCCOc2ccc(Cl)cc2)n2ccnc2)cc1. The van der Waals surface area contributed by atoms with E-state index in [0.717, 1.165) is 23.5 Å². The molecule has 2 aromatic carbocycles. The molecule has 0 aliphatic heterocycles. The van der Waals surface area contributed by atoms with Crippen molar-refractivity contribution in [3.8, 4) is 5.75 Å². The topological polar surface area (TPSA) is 27.1 Å². The Hall–Kier alpha value is -1.33. The van der Waals surface area contributed by atoms with Crippen LogP contribution in [-0.4, -0.2) is 21.9 Å². The maximum absolute atomic E-state index is 6.99. The number of aromatic nitrogens is 2. The highest BCUT2D eigenvalue weighted by atomic mass is 35.5. The van der Waals surface area contributed by atoms with Crippen molar-refractivity contribution in [2.75, 3.05) is 12.4 Å². The Kier molecular flexibility index (Phi) is 7.36. The summed E-state index contributed by atoms with van der Waals surface area (Å²) < 4.78 is 7.04. The Morgan fingerprint density at radius 1 is 1.00 bits per heavy atom. The molecule has 0 spiro atoms. The summed E-state index contributed by atoms with van der Waals surface area (Å²) in [7, 11) is 0. The summed E-state index contributed by atoms with van der Waals surface area (Å²) in [6.45, 7) is 0.618. The number of ether oxygens (including phenoxy) is 1. The Labute approximate surface area is 178 Å². The Bertz CT molecular complexity index is 825. The van der Waals surface area contributed by atoms with Crippen LogP contribution in [0.5, 0.6) is 5.75 Å². The summed E-state index contributed by atoms with van der Waals surface area (Å²) in [5.41, 5.74) is 1.12. The first-order chi connectivity index (χ1) is 13.0. The first kappa shape index (κ1) is 20.4.